The number of carbonyl (C=O) groups is 2. The summed E-state index contributed by atoms with van der Waals surface area (Å²) in [7, 11) is 1.38. The minimum absolute atomic E-state index is 0.00730. The summed E-state index contributed by atoms with van der Waals surface area (Å²) in [6, 6.07) is 17.4. The zero-order valence-electron chi connectivity index (χ0n) is 15.9. The first-order valence-electron chi connectivity index (χ1n) is 9.24. The van der Waals surface area contributed by atoms with Gasteiger partial charge in [0.25, 0.3) is 0 Å². The molecule has 0 amide bonds. The number of carbonyl (C=O) groups excluding carboxylic acids is 2. The fourth-order valence-corrected chi connectivity index (χ4v) is 3.49. The molecule has 1 atom stereocenters. The van der Waals surface area contributed by atoms with Crippen LogP contribution in [-0.4, -0.2) is 32.8 Å². The highest BCUT2D eigenvalue weighted by Crippen LogP contribution is 2.38. The number of hydrogen-bond acceptors (Lipinski definition) is 6. The van der Waals surface area contributed by atoms with Crippen LogP contribution in [0.1, 0.15) is 23.5 Å². The fraction of sp³-hybridized carbons (Fsp3) is 0.217. The van der Waals surface area contributed by atoms with Gasteiger partial charge in [0.05, 0.1) is 13.5 Å². The molecule has 3 aromatic rings. The van der Waals surface area contributed by atoms with Gasteiger partial charge < -0.3 is 18.9 Å². The highest BCUT2D eigenvalue weighted by atomic mass is 16.7. The zero-order valence-corrected chi connectivity index (χ0v) is 15.9. The van der Waals surface area contributed by atoms with E-state index in [0.29, 0.717) is 23.5 Å². The third-order valence-corrected chi connectivity index (χ3v) is 4.95. The van der Waals surface area contributed by atoms with E-state index in [2.05, 4.69) is 0 Å². The lowest BCUT2D eigenvalue weighted by Gasteiger charge is -2.18. The number of methoxy groups -OCH3 is 1. The number of rotatable bonds is 7. The normalized spacial score (nSPS) is 13.1. The van der Waals surface area contributed by atoms with E-state index in [1.807, 2.05) is 54.6 Å². The molecular weight excluding hydrogens is 372 g/mol. The van der Waals surface area contributed by atoms with Gasteiger partial charge in [0, 0.05) is 5.92 Å². The van der Waals surface area contributed by atoms with Crippen molar-refractivity contribution in [3.63, 3.8) is 0 Å². The Balaban J connectivity index is 1.73. The maximum atomic E-state index is 12.1. The Labute approximate surface area is 167 Å². The summed E-state index contributed by atoms with van der Waals surface area (Å²) in [5.41, 5.74) is 1.90. The van der Waals surface area contributed by atoms with E-state index >= 15 is 0 Å². The number of esters is 1. The second-order valence-electron chi connectivity index (χ2n) is 6.69. The molecule has 0 spiro atoms. The first-order valence-corrected chi connectivity index (χ1v) is 9.24. The van der Waals surface area contributed by atoms with Gasteiger partial charge in [0.2, 0.25) is 6.79 Å². The lowest BCUT2D eigenvalue weighted by molar-refractivity contribution is -0.140. The molecule has 0 saturated heterocycles. The summed E-state index contributed by atoms with van der Waals surface area (Å²) < 4.78 is 21.2. The number of fused-ring (bicyclic) bond motifs is 2. The van der Waals surface area contributed by atoms with Gasteiger partial charge in [0.15, 0.2) is 17.8 Å². The van der Waals surface area contributed by atoms with Gasteiger partial charge in [-0.25, -0.2) is 0 Å². The average molecular weight is 392 g/mol. The Bertz CT molecular complexity index is 1060. The van der Waals surface area contributed by atoms with Crippen molar-refractivity contribution in [1.82, 2.24) is 0 Å². The van der Waals surface area contributed by atoms with Crippen LogP contribution in [0.5, 0.6) is 17.2 Å². The molecule has 4 rings (SSSR count). The molecule has 3 aromatic carbocycles. The summed E-state index contributed by atoms with van der Waals surface area (Å²) in [4.78, 5) is 22.7. The second-order valence-corrected chi connectivity index (χ2v) is 6.69. The van der Waals surface area contributed by atoms with E-state index in [1.54, 1.807) is 0 Å². The SMILES string of the molecule is COC(=O)CC(c1ccc2c(c1)OCO2)c1ccc2ccc(OCC=O)cc2c1. The van der Waals surface area contributed by atoms with Crippen LogP contribution in [0, 0.1) is 0 Å². The van der Waals surface area contributed by atoms with E-state index in [-0.39, 0.29) is 31.7 Å². The van der Waals surface area contributed by atoms with Gasteiger partial charge in [-0.05, 0) is 46.2 Å². The summed E-state index contributed by atoms with van der Waals surface area (Å²) in [5, 5.41) is 2.00. The molecule has 0 aliphatic carbocycles. The number of ether oxygens (including phenoxy) is 4. The van der Waals surface area contributed by atoms with Crippen LogP contribution < -0.4 is 14.2 Å². The lowest BCUT2D eigenvalue weighted by atomic mass is 9.87. The molecule has 1 heterocycles. The van der Waals surface area contributed by atoms with Gasteiger partial charge in [-0.2, -0.15) is 0 Å². The third kappa shape index (κ3) is 4.01. The van der Waals surface area contributed by atoms with Crippen molar-refractivity contribution >= 4 is 23.0 Å². The third-order valence-electron chi connectivity index (χ3n) is 4.95. The van der Waals surface area contributed by atoms with E-state index in [1.165, 1.54) is 7.11 Å². The Kier molecular flexibility index (Phi) is 5.33. The van der Waals surface area contributed by atoms with Crippen molar-refractivity contribution in [3.8, 4) is 17.2 Å². The average Bonchev–Trinajstić information content (AvgIpc) is 3.23. The molecule has 29 heavy (non-hydrogen) atoms. The van der Waals surface area contributed by atoms with E-state index in [9.17, 15) is 9.59 Å². The number of hydrogen-bond donors (Lipinski definition) is 0. The van der Waals surface area contributed by atoms with Gasteiger partial charge in [-0.15, -0.1) is 0 Å². The Morgan fingerprint density at radius 1 is 1.00 bits per heavy atom. The number of aldehydes is 1. The van der Waals surface area contributed by atoms with Crippen molar-refractivity contribution < 1.29 is 28.5 Å². The highest BCUT2D eigenvalue weighted by Gasteiger charge is 2.22. The topological polar surface area (TPSA) is 71.1 Å². The molecule has 6 heteroatoms. The molecule has 1 aliphatic rings. The Hall–Kier alpha value is -3.54. The molecule has 1 unspecified atom stereocenters. The van der Waals surface area contributed by atoms with Crippen LogP contribution in [0.25, 0.3) is 10.8 Å². The quantitative estimate of drug-likeness (QED) is 0.449. The minimum atomic E-state index is -0.296. The predicted molar refractivity (Wildman–Crippen MR) is 107 cm³/mol. The molecule has 0 N–H and O–H groups in total. The van der Waals surface area contributed by atoms with Crippen molar-refractivity contribution in [2.24, 2.45) is 0 Å². The van der Waals surface area contributed by atoms with Crippen LogP contribution in [0.15, 0.2) is 54.6 Å². The Morgan fingerprint density at radius 3 is 2.59 bits per heavy atom. The lowest BCUT2D eigenvalue weighted by Crippen LogP contribution is -2.10. The standard InChI is InChI=1S/C23H20O6/c1-26-23(25)13-20(17-5-7-21-22(12-17)29-14-28-21)16-3-2-15-4-6-19(27-9-8-24)11-18(15)10-16/h2-8,10-12,20H,9,13-14H2,1H3. The van der Waals surface area contributed by atoms with Crippen molar-refractivity contribution in [1.29, 1.82) is 0 Å². The smallest absolute Gasteiger partial charge is 0.306 e. The second kappa shape index (κ2) is 8.22. The summed E-state index contributed by atoms with van der Waals surface area (Å²) in [6.45, 7) is 0.202. The molecule has 0 bridgehead atoms. The van der Waals surface area contributed by atoms with Crippen molar-refractivity contribution in [3.05, 3.63) is 65.7 Å². The largest absolute Gasteiger partial charge is 0.486 e. The highest BCUT2D eigenvalue weighted by molar-refractivity contribution is 5.85. The molecule has 6 nitrogen and oxygen atoms in total. The maximum absolute atomic E-state index is 12.1. The summed E-state index contributed by atoms with van der Waals surface area (Å²) >= 11 is 0. The monoisotopic (exact) mass is 392 g/mol. The minimum Gasteiger partial charge on any atom is -0.486 e. The van der Waals surface area contributed by atoms with Crippen LogP contribution in [0.2, 0.25) is 0 Å². The molecule has 1 aliphatic heterocycles. The first-order chi connectivity index (χ1) is 14.2. The van der Waals surface area contributed by atoms with E-state index in [0.717, 1.165) is 21.9 Å². The van der Waals surface area contributed by atoms with Gasteiger partial charge in [-0.1, -0.05) is 30.3 Å². The fourth-order valence-electron chi connectivity index (χ4n) is 3.49. The number of benzene rings is 3. The first kappa shape index (κ1) is 18.8. The van der Waals surface area contributed by atoms with E-state index < -0.39 is 0 Å². The molecule has 0 saturated carbocycles. The summed E-state index contributed by atoms with van der Waals surface area (Å²) in [5.74, 6) is 1.48. The van der Waals surface area contributed by atoms with Crippen LogP contribution in [0.3, 0.4) is 0 Å². The van der Waals surface area contributed by atoms with Crippen LogP contribution in [-0.2, 0) is 14.3 Å². The van der Waals surface area contributed by atoms with Crippen LogP contribution in [0.4, 0.5) is 0 Å². The summed E-state index contributed by atoms with van der Waals surface area (Å²) in [6.07, 6.45) is 0.912. The molecule has 148 valence electrons. The predicted octanol–water partition coefficient (Wildman–Crippen LogP) is 3.84. The van der Waals surface area contributed by atoms with Crippen molar-refractivity contribution in [2.45, 2.75) is 12.3 Å². The maximum Gasteiger partial charge on any atom is 0.306 e. The van der Waals surface area contributed by atoms with Crippen LogP contribution >= 0.6 is 0 Å². The molecule has 0 radical (unpaired) electrons. The molecule has 0 aromatic heterocycles. The van der Waals surface area contributed by atoms with Gasteiger partial charge >= 0.3 is 5.97 Å². The van der Waals surface area contributed by atoms with E-state index in [4.69, 9.17) is 18.9 Å². The van der Waals surface area contributed by atoms with Crippen molar-refractivity contribution in [2.75, 3.05) is 20.5 Å². The van der Waals surface area contributed by atoms with Gasteiger partial charge in [0.1, 0.15) is 12.4 Å². The Morgan fingerprint density at radius 2 is 1.76 bits per heavy atom. The zero-order chi connectivity index (χ0) is 20.2. The van der Waals surface area contributed by atoms with Gasteiger partial charge in [-0.3, -0.25) is 9.59 Å². The molecular formula is C23H20O6. The molecule has 0 fully saturated rings.